The van der Waals surface area contributed by atoms with Crippen molar-refractivity contribution in [2.45, 2.75) is 26.5 Å². The lowest BCUT2D eigenvalue weighted by molar-refractivity contribution is -0.139. The highest BCUT2D eigenvalue weighted by atomic mass is 127. The number of thiazole rings is 1. The smallest absolute Gasteiger partial charge is 0.338 e. The predicted molar refractivity (Wildman–Crippen MR) is 195 cm³/mol. The lowest BCUT2D eigenvalue weighted by atomic mass is 9.95. The van der Waals surface area contributed by atoms with E-state index in [1.165, 1.54) is 11.3 Å². The summed E-state index contributed by atoms with van der Waals surface area (Å²) in [4.78, 5) is 34.6. The molecule has 240 valence electrons. The second-order valence-electron chi connectivity index (χ2n) is 11.2. The van der Waals surface area contributed by atoms with Crippen molar-refractivity contribution in [3.8, 4) is 11.5 Å². The summed E-state index contributed by atoms with van der Waals surface area (Å²) in [6, 6.07) is 25.4. The van der Waals surface area contributed by atoms with Crippen LogP contribution < -0.4 is 29.3 Å². The number of methoxy groups -OCH3 is 1. The number of halogens is 1. The largest absolute Gasteiger partial charge is 0.493 e. The van der Waals surface area contributed by atoms with Crippen molar-refractivity contribution < 1.29 is 19.0 Å². The maximum atomic E-state index is 14.1. The zero-order chi connectivity index (χ0) is 33.2. The molecule has 0 bridgehead atoms. The average molecular weight is 760 g/mol. The fraction of sp³-hybridized carbons (Fsp3) is 0.216. The summed E-state index contributed by atoms with van der Waals surface area (Å²) in [5.74, 6) is 0.717. The molecule has 0 spiro atoms. The maximum absolute atomic E-state index is 14.1. The number of anilines is 1. The lowest BCUT2D eigenvalue weighted by Crippen LogP contribution is -2.39. The minimum absolute atomic E-state index is 0.217. The molecule has 5 aromatic rings. The molecule has 47 heavy (non-hydrogen) atoms. The Morgan fingerprint density at radius 2 is 1.81 bits per heavy atom. The number of benzene rings is 4. The molecular formula is C37H34IN3O5S. The van der Waals surface area contributed by atoms with E-state index in [0.717, 1.165) is 36.7 Å². The van der Waals surface area contributed by atoms with Gasteiger partial charge in [0.25, 0.3) is 5.56 Å². The molecule has 8 nitrogen and oxygen atoms in total. The Morgan fingerprint density at radius 1 is 1.06 bits per heavy atom. The van der Waals surface area contributed by atoms with E-state index in [1.54, 1.807) is 25.5 Å². The van der Waals surface area contributed by atoms with E-state index in [0.29, 0.717) is 38.7 Å². The Kier molecular flexibility index (Phi) is 9.51. The summed E-state index contributed by atoms with van der Waals surface area (Å²) in [6.45, 7) is 4.14. The van der Waals surface area contributed by atoms with Crippen LogP contribution in [0.15, 0.2) is 99.9 Å². The molecule has 1 aromatic heterocycles. The Morgan fingerprint density at radius 3 is 2.53 bits per heavy atom. The van der Waals surface area contributed by atoms with Crippen molar-refractivity contribution in [2.75, 3.05) is 32.7 Å². The van der Waals surface area contributed by atoms with Gasteiger partial charge in [0, 0.05) is 19.8 Å². The number of hydrogen-bond donors (Lipinski definition) is 0. The van der Waals surface area contributed by atoms with Gasteiger partial charge in [-0.05, 0) is 94.2 Å². The van der Waals surface area contributed by atoms with Gasteiger partial charge in [-0.3, -0.25) is 9.36 Å². The van der Waals surface area contributed by atoms with Crippen LogP contribution in [-0.4, -0.2) is 38.3 Å². The maximum Gasteiger partial charge on any atom is 0.338 e. The van der Waals surface area contributed by atoms with Gasteiger partial charge >= 0.3 is 5.97 Å². The molecule has 0 aliphatic carbocycles. The van der Waals surface area contributed by atoms with Crippen LogP contribution in [0.4, 0.5) is 5.69 Å². The summed E-state index contributed by atoms with van der Waals surface area (Å²) in [6.07, 6.45) is 1.83. The van der Waals surface area contributed by atoms with Crippen LogP contribution >= 0.6 is 33.9 Å². The van der Waals surface area contributed by atoms with Crippen LogP contribution in [0.3, 0.4) is 0 Å². The number of carbonyl (C=O) groups is 1. The number of ether oxygens (including phenoxy) is 3. The number of aromatic nitrogens is 1. The van der Waals surface area contributed by atoms with Gasteiger partial charge in [0.2, 0.25) is 0 Å². The van der Waals surface area contributed by atoms with Crippen LogP contribution in [0.5, 0.6) is 11.5 Å². The first-order valence-corrected chi connectivity index (χ1v) is 17.0. The highest BCUT2D eigenvalue weighted by Crippen LogP contribution is 2.36. The predicted octanol–water partition coefficient (Wildman–Crippen LogP) is 6.21. The molecule has 0 saturated heterocycles. The van der Waals surface area contributed by atoms with E-state index in [4.69, 9.17) is 19.2 Å². The van der Waals surface area contributed by atoms with E-state index in [1.807, 2.05) is 79.7 Å². The highest BCUT2D eigenvalue weighted by Gasteiger charge is 2.33. The monoisotopic (exact) mass is 759 g/mol. The summed E-state index contributed by atoms with van der Waals surface area (Å²) in [5, 5.41) is 2.30. The van der Waals surface area contributed by atoms with Gasteiger partial charge in [-0.2, -0.15) is 0 Å². The first-order valence-electron chi connectivity index (χ1n) is 15.1. The number of esters is 1. The van der Waals surface area contributed by atoms with Crippen molar-refractivity contribution in [1.82, 2.24) is 4.57 Å². The van der Waals surface area contributed by atoms with E-state index >= 15 is 0 Å². The summed E-state index contributed by atoms with van der Waals surface area (Å²) in [7, 11) is 5.53. The molecule has 0 N–H and O–H groups in total. The van der Waals surface area contributed by atoms with Crippen LogP contribution in [0, 0.1) is 3.57 Å². The topological polar surface area (TPSA) is 82.4 Å². The highest BCUT2D eigenvalue weighted by molar-refractivity contribution is 14.1. The third kappa shape index (κ3) is 6.44. The van der Waals surface area contributed by atoms with Crippen LogP contribution in [0.25, 0.3) is 16.8 Å². The molecule has 0 unspecified atom stereocenters. The van der Waals surface area contributed by atoms with Gasteiger partial charge in [-0.1, -0.05) is 65.9 Å². The van der Waals surface area contributed by atoms with Crippen molar-refractivity contribution in [1.29, 1.82) is 0 Å². The number of rotatable bonds is 9. The van der Waals surface area contributed by atoms with Crippen LogP contribution in [0.1, 0.15) is 36.6 Å². The summed E-state index contributed by atoms with van der Waals surface area (Å²) >= 11 is 3.52. The second-order valence-corrected chi connectivity index (χ2v) is 13.4. The summed E-state index contributed by atoms with van der Waals surface area (Å²) < 4.78 is 20.4. The van der Waals surface area contributed by atoms with Crippen molar-refractivity contribution in [3.63, 3.8) is 0 Å². The van der Waals surface area contributed by atoms with Crippen molar-refractivity contribution in [2.24, 2.45) is 4.99 Å². The van der Waals surface area contributed by atoms with Gasteiger partial charge in [0.15, 0.2) is 16.3 Å². The minimum Gasteiger partial charge on any atom is -0.493 e. The quantitative estimate of drug-likeness (QED) is 0.131. The minimum atomic E-state index is -0.678. The zero-order valence-electron chi connectivity index (χ0n) is 26.7. The van der Waals surface area contributed by atoms with E-state index < -0.39 is 12.0 Å². The fourth-order valence-corrected chi connectivity index (χ4v) is 7.57. The molecule has 1 atom stereocenters. The normalized spacial score (nSPS) is 14.5. The van der Waals surface area contributed by atoms with Gasteiger partial charge in [-0.15, -0.1) is 0 Å². The lowest BCUT2D eigenvalue weighted by Gasteiger charge is -2.25. The SMILES string of the molecule is CCOC(=O)C1=C(C)N=c2s/c(=C/c3cc(I)c(OCc4cccc5ccccc45)c(OC)c3)c(=O)n2[C@H]1c1ccc(N(C)C)cc1. The Hall–Kier alpha value is -4.42. The first-order chi connectivity index (χ1) is 22.7. The number of nitrogens with zero attached hydrogens (tertiary/aromatic N) is 3. The third-order valence-corrected chi connectivity index (χ3v) is 9.83. The second kappa shape index (κ2) is 13.7. The molecule has 6 rings (SSSR count). The molecule has 0 radical (unpaired) electrons. The van der Waals surface area contributed by atoms with Crippen molar-refractivity contribution >= 4 is 62.4 Å². The number of carbonyl (C=O) groups excluding carboxylic acids is 1. The summed E-state index contributed by atoms with van der Waals surface area (Å²) in [5.41, 5.74) is 4.30. The van der Waals surface area contributed by atoms with Gasteiger partial charge in [-0.25, -0.2) is 9.79 Å². The van der Waals surface area contributed by atoms with E-state index in [2.05, 4.69) is 46.9 Å². The molecule has 0 saturated carbocycles. The van der Waals surface area contributed by atoms with Crippen LogP contribution in [0.2, 0.25) is 0 Å². The van der Waals surface area contributed by atoms with E-state index in [9.17, 15) is 9.59 Å². The first kappa shape index (κ1) is 32.5. The van der Waals surface area contributed by atoms with Crippen LogP contribution in [-0.2, 0) is 16.1 Å². The average Bonchev–Trinajstić information content (AvgIpc) is 3.36. The van der Waals surface area contributed by atoms with E-state index in [-0.39, 0.29) is 12.2 Å². The number of allylic oxidation sites excluding steroid dienone is 1. The molecule has 10 heteroatoms. The third-order valence-electron chi connectivity index (χ3n) is 8.04. The van der Waals surface area contributed by atoms with Crippen molar-refractivity contribution in [3.05, 3.63) is 130 Å². The zero-order valence-corrected chi connectivity index (χ0v) is 29.7. The van der Waals surface area contributed by atoms with Gasteiger partial charge < -0.3 is 19.1 Å². The fourth-order valence-electron chi connectivity index (χ4n) is 5.74. The Bertz CT molecular complexity index is 2200. The molecule has 1 aliphatic heterocycles. The number of fused-ring (bicyclic) bond motifs is 2. The molecule has 1 aliphatic rings. The molecule has 0 fully saturated rings. The molecular weight excluding hydrogens is 725 g/mol. The molecule has 0 amide bonds. The standard InChI is InChI=1S/C37H34IN3O5S/c1-6-45-36(43)32-22(2)39-37-41(33(32)25-14-16-27(17-15-25)40(3)4)35(42)31(47-37)20-23-18-29(38)34(30(19-23)44-5)46-21-26-12-9-11-24-10-7-8-13-28(24)26/h7-20,33H,6,21H2,1-5H3/b31-20+/t33-/m0/s1. The van der Waals surface area contributed by atoms with Gasteiger partial charge in [0.05, 0.1) is 39.1 Å². The van der Waals surface area contributed by atoms with Gasteiger partial charge in [0.1, 0.15) is 6.61 Å². The molecule has 2 heterocycles. The number of hydrogen-bond acceptors (Lipinski definition) is 8. The molecule has 4 aromatic carbocycles. The Labute approximate surface area is 290 Å². The Balaban J connectivity index is 1.39.